The van der Waals surface area contributed by atoms with Crippen molar-refractivity contribution >= 4 is 0 Å². The number of aryl methyl sites for hydroxylation is 1. The SMILES string of the molecule is C[C]1CCc2ccccc2O1. The molecule has 1 aromatic rings. The zero-order valence-corrected chi connectivity index (χ0v) is 6.63. The topological polar surface area (TPSA) is 9.23 Å². The maximum Gasteiger partial charge on any atom is 0.146 e. The van der Waals surface area contributed by atoms with Crippen molar-refractivity contribution in [3.8, 4) is 5.75 Å². The highest BCUT2D eigenvalue weighted by Gasteiger charge is 2.15. The van der Waals surface area contributed by atoms with Crippen molar-refractivity contribution in [1.82, 2.24) is 0 Å². The van der Waals surface area contributed by atoms with Crippen molar-refractivity contribution in [2.75, 3.05) is 0 Å². The predicted octanol–water partition coefficient (Wildman–Crippen LogP) is 2.56. The van der Waals surface area contributed by atoms with Gasteiger partial charge in [-0.3, -0.25) is 0 Å². The summed E-state index contributed by atoms with van der Waals surface area (Å²) in [6.07, 6.45) is 3.32. The molecule has 57 valence electrons. The molecular weight excluding hydrogens is 136 g/mol. The molecule has 0 unspecified atom stereocenters. The van der Waals surface area contributed by atoms with E-state index in [0.29, 0.717) is 0 Å². The molecule has 2 rings (SSSR count). The van der Waals surface area contributed by atoms with E-state index in [9.17, 15) is 0 Å². The second-order valence-corrected chi connectivity index (χ2v) is 2.91. The number of benzene rings is 1. The Labute approximate surface area is 67.0 Å². The van der Waals surface area contributed by atoms with Crippen molar-refractivity contribution in [1.29, 1.82) is 0 Å². The predicted molar refractivity (Wildman–Crippen MR) is 44.3 cm³/mol. The summed E-state index contributed by atoms with van der Waals surface area (Å²) in [7, 11) is 0. The fourth-order valence-corrected chi connectivity index (χ4v) is 1.36. The molecule has 1 heterocycles. The molecule has 1 nitrogen and oxygen atoms in total. The Morgan fingerprint density at radius 1 is 1.18 bits per heavy atom. The minimum Gasteiger partial charge on any atom is -0.483 e. The van der Waals surface area contributed by atoms with Gasteiger partial charge < -0.3 is 4.74 Å². The van der Waals surface area contributed by atoms with Crippen molar-refractivity contribution in [2.24, 2.45) is 0 Å². The largest absolute Gasteiger partial charge is 0.483 e. The smallest absolute Gasteiger partial charge is 0.146 e. The first-order valence-corrected chi connectivity index (χ1v) is 3.94. The van der Waals surface area contributed by atoms with E-state index >= 15 is 0 Å². The van der Waals surface area contributed by atoms with E-state index in [1.807, 2.05) is 19.1 Å². The second-order valence-electron chi connectivity index (χ2n) is 2.91. The number of fused-ring (bicyclic) bond motifs is 1. The molecule has 1 heteroatoms. The number of hydrogen-bond acceptors (Lipinski definition) is 1. The molecule has 0 aliphatic carbocycles. The lowest BCUT2D eigenvalue weighted by Gasteiger charge is -2.21. The summed E-state index contributed by atoms with van der Waals surface area (Å²) >= 11 is 0. The quantitative estimate of drug-likeness (QED) is 0.548. The van der Waals surface area contributed by atoms with E-state index in [4.69, 9.17) is 4.74 Å². The summed E-state index contributed by atoms with van der Waals surface area (Å²) in [5.74, 6) is 1.04. The van der Waals surface area contributed by atoms with Crippen LogP contribution in [0.1, 0.15) is 18.9 Å². The molecule has 0 bridgehead atoms. The molecule has 1 aromatic carbocycles. The van der Waals surface area contributed by atoms with Crippen LogP contribution in [-0.2, 0) is 6.42 Å². The van der Waals surface area contributed by atoms with Crippen LogP contribution < -0.4 is 4.74 Å². The van der Waals surface area contributed by atoms with Crippen LogP contribution in [0.2, 0.25) is 0 Å². The van der Waals surface area contributed by atoms with Crippen molar-refractivity contribution in [3.63, 3.8) is 0 Å². The summed E-state index contributed by atoms with van der Waals surface area (Å²) in [6.45, 7) is 2.04. The number of para-hydroxylation sites is 1. The molecule has 11 heavy (non-hydrogen) atoms. The van der Waals surface area contributed by atoms with Gasteiger partial charge in [0.25, 0.3) is 0 Å². The summed E-state index contributed by atoms with van der Waals surface area (Å²) in [5, 5.41) is 0. The zero-order valence-electron chi connectivity index (χ0n) is 6.63. The maximum atomic E-state index is 5.55. The fraction of sp³-hybridized carbons (Fsp3) is 0.300. The van der Waals surface area contributed by atoms with Gasteiger partial charge in [0.1, 0.15) is 11.9 Å². The lowest BCUT2D eigenvalue weighted by Crippen LogP contribution is -2.10. The second kappa shape index (κ2) is 2.57. The molecule has 0 spiro atoms. The van der Waals surface area contributed by atoms with E-state index in [1.54, 1.807) is 0 Å². The lowest BCUT2D eigenvalue weighted by molar-refractivity contribution is 0.295. The molecule has 1 radical (unpaired) electrons. The molecule has 0 aromatic heterocycles. The highest BCUT2D eigenvalue weighted by molar-refractivity contribution is 5.36. The highest BCUT2D eigenvalue weighted by atomic mass is 16.5. The van der Waals surface area contributed by atoms with Gasteiger partial charge in [0, 0.05) is 0 Å². The number of rotatable bonds is 0. The van der Waals surface area contributed by atoms with Gasteiger partial charge in [-0.15, -0.1) is 0 Å². The van der Waals surface area contributed by atoms with Crippen LogP contribution in [0.15, 0.2) is 24.3 Å². The molecule has 0 saturated heterocycles. The summed E-state index contributed by atoms with van der Waals surface area (Å²) < 4.78 is 5.55. The molecule has 0 amide bonds. The molecule has 0 saturated carbocycles. The van der Waals surface area contributed by atoms with E-state index < -0.39 is 0 Å². The minimum absolute atomic E-state index is 1.04. The van der Waals surface area contributed by atoms with Crippen LogP contribution in [0, 0.1) is 6.10 Å². The molecule has 0 atom stereocenters. The van der Waals surface area contributed by atoms with Gasteiger partial charge >= 0.3 is 0 Å². The summed E-state index contributed by atoms with van der Waals surface area (Å²) in [4.78, 5) is 0. The van der Waals surface area contributed by atoms with Gasteiger partial charge in [0.2, 0.25) is 0 Å². The first kappa shape index (κ1) is 6.71. The Hall–Kier alpha value is -0.980. The summed E-state index contributed by atoms with van der Waals surface area (Å²) in [5.41, 5.74) is 1.33. The number of ether oxygens (including phenoxy) is 1. The van der Waals surface area contributed by atoms with Crippen molar-refractivity contribution in [2.45, 2.75) is 19.8 Å². The van der Waals surface area contributed by atoms with Gasteiger partial charge in [0.15, 0.2) is 0 Å². The van der Waals surface area contributed by atoms with Crippen LogP contribution in [0.4, 0.5) is 0 Å². The van der Waals surface area contributed by atoms with Crippen molar-refractivity contribution in [3.05, 3.63) is 35.9 Å². The van der Waals surface area contributed by atoms with Crippen molar-refractivity contribution < 1.29 is 4.74 Å². The highest BCUT2D eigenvalue weighted by Crippen LogP contribution is 2.29. The van der Waals surface area contributed by atoms with Gasteiger partial charge in [-0.05, 0) is 31.4 Å². The van der Waals surface area contributed by atoms with Gasteiger partial charge in [-0.2, -0.15) is 0 Å². The Bertz CT molecular complexity index is 255. The van der Waals surface area contributed by atoms with E-state index in [0.717, 1.165) is 24.7 Å². The molecule has 0 N–H and O–H groups in total. The third kappa shape index (κ3) is 1.23. The normalized spacial score (nSPS) is 17.2. The lowest BCUT2D eigenvalue weighted by atomic mass is 10.0. The molecule has 0 fully saturated rings. The first-order valence-electron chi connectivity index (χ1n) is 3.94. The van der Waals surface area contributed by atoms with E-state index in [2.05, 4.69) is 12.1 Å². The minimum atomic E-state index is 1.04. The van der Waals surface area contributed by atoms with Crippen LogP contribution in [-0.4, -0.2) is 0 Å². The van der Waals surface area contributed by atoms with Crippen LogP contribution in [0.5, 0.6) is 5.75 Å². The Balaban J connectivity index is 2.34. The fourth-order valence-electron chi connectivity index (χ4n) is 1.36. The Morgan fingerprint density at radius 3 is 2.91 bits per heavy atom. The van der Waals surface area contributed by atoms with E-state index in [1.165, 1.54) is 5.56 Å². The van der Waals surface area contributed by atoms with E-state index in [-0.39, 0.29) is 0 Å². The standard InChI is InChI=1S/C10H11O/c1-8-6-7-9-4-2-3-5-10(9)11-8/h2-5H,6-7H2,1H3. The maximum absolute atomic E-state index is 5.55. The molecule has 1 aliphatic rings. The average molecular weight is 147 g/mol. The average Bonchev–Trinajstić information content (AvgIpc) is 2.04. The molecule has 1 aliphatic heterocycles. The van der Waals surface area contributed by atoms with Crippen LogP contribution in [0.3, 0.4) is 0 Å². The zero-order chi connectivity index (χ0) is 7.68. The van der Waals surface area contributed by atoms with Crippen LogP contribution in [0.25, 0.3) is 0 Å². The third-order valence-corrected chi connectivity index (χ3v) is 2.00. The van der Waals surface area contributed by atoms with Gasteiger partial charge in [0.05, 0.1) is 0 Å². The Morgan fingerprint density at radius 2 is 2.00 bits per heavy atom. The third-order valence-electron chi connectivity index (χ3n) is 2.00. The molecular formula is C10H11O. The summed E-state index contributed by atoms with van der Waals surface area (Å²) in [6, 6.07) is 8.22. The van der Waals surface area contributed by atoms with Gasteiger partial charge in [-0.25, -0.2) is 0 Å². The Kier molecular flexibility index (Phi) is 1.57. The van der Waals surface area contributed by atoms with Gasteiger partial charge in [-0.1, -0.05) is 18.2 Å². The first-order chi connectivity index (χ1) is 5.36. The van der Waals surface area contributed by atoms with Crippen LogP contribution >= 0.6 is 0 Å². The monoisotopic (exact) mass is 147 g/mol. The number of hydrogen-bond donors (Lipinski definition) is 0.